The number of hydrogen-bond acceptors (Lipinski definition) is 2. The normalized spacial score (nSPS) is 13.7. The number of hydrogen-bond donors (Lipinski definition) is 2. The molecule has 1 aromatic carbocycles. The van der Waals surface area contributed by atoms with Crippen molar-refractivity contribution in [3.8, 4) is 0 Å². The second-order valence-corrected chi connectivity index (χ2v) is 4.56. The minimum absolute atomic E-state index is 0.229. The van der Waals surface area contributed by atoms with Gasteiger partial charge in [0.2, 0.25) is 5.91 Å². The van der Waals surface area contributed by atoms with Crippen LogP contribution < -0.4 is 5.32 Å². The van der Waals surface area contributed by atoms with Gasteiger partial charge in [0.05, 0.1) is 5.92 Å². The zero-order chi connectivity index (χ0) is 13.7. The molecule has 0 saturated carbocycles. The SMILES string of the molecule is Cc1ccccc1CNC(=O)C(C)C(C)C(=O)O. The van der Waals surface area contributed by atoms with Gasteiger partial charge >= 0.3 is 5.97 Å². The molecule has 4 nitrogen and oxygen atoms in total. The number of aryl methyl sites for hydroxylation is 1. The molecule has 2 unspecified atom stereocenters. The molecule has 0 bridgehead atoms. The van der Waals surface area contributed by atoms with Gasteiger partial charge in [0.1, 0.15) is 0 Å². The molecular weight excluding hydrogens is 230 g/mol. The highest BCUT2D eigenvalue weighted by Crippen LogP contribution is 2.12. The first kappa shape index (κ1) is 14.2. The Hall–Kier alpha value is -1.84. The van der Waals surface area contributed by atoms with Gasteiger partial charge in [-0.1, -0.05) is 38.1 Å². The Morgan fingerprint density at radius 1 is 1.22 bits per heavy atom. The maximum absolute atomic E-state index is 11.8. The monoisotopic (exact) mass is 249 g/mol. The molecular formula is C14H19NO3. The number of benzene rings is 1. The Bertz CT molecular complexity index is 442. The number of carboxylic acids is 1. The summed E-state index contributed by atoms with van der Waals surface area (Å²) in [5.74, 6) is -2.39. The smallest absolute Gasteiger partial charge is 0.307 e. The molecule has 0 saturated heterocycles. The highest BCUT2D eigenvalue weighted by atomic mass is 16.4. The third-order valence-electron chi connectivity index (χ3n) is 3.27. The van der Waals surface area contributed by atoms with E-state index in [9.17, 15) is 9.59 Å². The fraction of sp³-hybridized carbons (Fsp3) is 0.429. The van der Waals surface area contributed by atoms with Crippen LogP contribution in [0.5, 0.6) is 0 Å². The molecule has 1 aromatic rings. The van der Waals surface area contributed by atoms with E-state index < -0.39 is 17.8 Å². The lowest BCUT2D eigenvalue weighted by Crippen LogP contribution is -2.34. The van der Waals surface area contributed by atoms with E-state index >= 15 is 0 Å². The van der Waals surface area contributed by atoms with Crippen LogP contribution in [0.1, 0.15) is 25.0 Å². The van der Waals surface area contributed by atoms with Gasteiger partial charge in [-0.2, -0.15) is 0 Å². The van der Waals surface area contributed by atoms with Crippen molar-refractivity contribution in [1.29, 1.82) is 0 Å². The summed E-state index contributed by atoms with van der Waals surface area (Å²) >= 11 is 0. The molecule has 0 aromatic heterocycles. The van der Waals surface area contributed by atoms with Crippen LogP contribution in [-0.2, 0) is 16.1 Å². The van der Waals surface area contributed by atoms with Crippen LogP contribution in [0.15, 0.2) is 24.3 Å². The average Bonchev–Trinajstić information content (AvgIpc) is 2.35. The van der Waals surface area contributed by atoms with Crippen molar-refractivity contribution >= 4 is 11.9 Å². The minimum Gasteiger partial charge on any atom is -0.481 e. The summed E-state index contributed by atoms with van der Waals surface area (Å²) in [5, 5.41) is 11.6. The molecule has 1 amide bonds. The van der Waals surface area contributed by atoms with Crippen molar-refractivity contribution in [2.75, 3.05) is 0 Å². The topological polar surface area (TPSA) is 66.4 Å². The number of nitrogens with one attached hydrogen (secondary N) is 1. The van der Waals surface area contributed by atoms with Crippen LogP contribution >= 0.6 is 0 Å². The minimum atomic E-state index is -0.950. The Morgan fingerprint density at radius 2 is 1.83 bits per heavy atom. The van der Waals surface area contributed by atoms with Gasteiger partial charge in [-0.15, -0.1) is 0 Å². The largest absolute Gasteiger partial charge is 0.481 e. The maximum Gasteiger partial charge on any atom is 0.307 e. The summed E-state index contributed by atoms with van der Waals surface area (Å²) in [4.78, 5) is 22.6. The number of aliphatic carboxylic acids is 1. The van der Waals surface area contributed by atoms with E-state index in [4.69, 9.17) is 5.11 Å². The molecule has 0 heterocycles. The van der Waals surface area contributed by atoms with E-state index in [0.717, 1.165) is 11.1 Å². The quantitative estimate of drug-likeness (QED) is 0.838. The van der Waals surface area contributed by atoms with Crippen LogP contribution in [0.4, 0.5) is 0 Å². The molecule has 98 valence electrons. The van der Waals surface area contributed by atoms with Gasteiger partial charge < -0.3 is 10.4 Å². The van der Waals surface area contributed by atoms with E-state index in [2.05, 4.69) is 5.32 Å². The van der Waals surface area contributed by atoms with Crippen molar-refractivity contribution in [2.45, 2.75) is 27.3 Å². The first-order chi connectivity index (χ1) is 8.43. The highest BCUT2D eigenvalue weighted by molar-refractivity contribution is 5.84. The van der Waals surface area contributed by atoms with E-state index in [1.54, 1.807) is 13.8 Å². The second-order valence-electron chi connectivity index (χ2n) is 4.56. The molecule has 0 spiro atoms. The predicted molar refractivity (Wildman–Crippen MR) is 69.0 cm³/mol. The third kappa shape index (κ3) is 3.58. The van der Waals surface area contributed by atoms with Crippen molar-refractivity contribution in [2.24, 2.45) is 11.8 Å². The highest BCUT2D eigenvalue weighted by Gasteiger charge is 2.25. The van der Waals surface area contributed by atoms with Gasteiger partial charge in [-0.25, -0.2) is 0 Å². The summed E-state index contributed by atoms with van der Waals surface area (Å²) in [6, 6.07) is 7.78. The van der Waals surface area contributed by atoms with Gasteiger partial charge in [0, 0.05) is 12.5 Å². The Morgan fingerprint density at radius 3 is 2.39 bits per heavy atom. The number of carboxylic acid groups (broad SMARTS) is 1. The van der Waals surface area contributed by atoms with Gasteiger partial charge in [-0.3, -0.25) is 9.59 Å². The van der Waals surface area contributed by atoms with E-state index in [0.29, 0.717) is 6.54 Å². The third-order valence-corrected chi connectivity index (χ3v) is 3.27. The van der Waals surface area contributed by atoms with E-state index in [-0.39, 0.29) is 5.91 Å². The fourth-order valence-electron chi connectivity index (χ4n) is 1.59. The van der Waals surface area contributed by atoms with Crippen molar-refractivity contribution in [1.82, 2.24) is 5.32 Å². The average molecular weight is 249 g/mol. The van der Waals surface area contributed by atoms with Crippen LogP contribution in [-0.4, -0.2) is 17.0 Å². The Balaban J connectivity index is 2.56. The second kappa shape index (κ2) is 6.19. The molecule has 0 fully saturated rings. The molecule has 2 N–H and O–H groups in total. The molecule has 0 aliphatic carbocycles. The number of rotatable bonds is 5. The zero-order valence-corrected chi connectivity index (χ0v) is 10.9. The van der Waals surface area contributed by atoms with Crippen LogP contribution in [0.3, 0.4) is 0 Å². The summed E-state index contributed by atoms with van der Waals surface area (Å²) < 4.78 is 0. The maximum atomic E-state index is 11.8. The molecule has 18 heavy (non-hydrogen) atoms. The zero-order valence-electron chi connectivity index (χ0n) is 10.9. The summed E-state index contributed by atoms with van der Waals surface area (Å²) in [6.07, 6.45) is 0. The predicted octanol–water partition coefficient (Wildman–Crippen LogP) is 1.97. The van der Waals surface area contributed by atoms with Crippen molar-refractivity contribution in [3.05, 3.63) is 35.4 Å². The molecule has 1 rings (SSSR count). The molecule has 0 aliphatic rings. The summed E-state index contributed by atoms with van der Waals surface area (Å²) in [5.41, 5.74) is 2.15. The molecule has 0 aliphatic heterocycles. The number of carbonyl (C=O) groups is 2. The lowest BCUT2D eigenvalue weighted by Gasteiger charge is -2.16. The lowest BCUT2D eigenvalue weighted by atomic mass is 9.95. The molecule has 0 radical (unpaired) electrons. The van der Waals surface area contributed by atoms with Gasteiger partial charge in [0.25, 0.3) is 0 Å². The Kier molecular flexibility index (Phi) is 4.89. The van der Waals surface area contributed by atoms with E-state index in [1.807, 2.05) is 31.2 Å². The van der Waals surface area contributed by atoms with Crippen molar-refractivity contribution < 1.29 is 14.7 Å². The summed E-state index contributed by atoms with van der Waals surface area (Å²) in [7, 11) is 0. The van der Waals surface area contributed by atoms with Crippen LogP contribution in [0.25, 0.3) is 0 Å². The van der Waals surface area contributed by atoms with Gasteiger partial charge in [-0.05, 0) is 18.1 Å². The molecule has 4 heteroatoms. The first-order valence-corrected chi connectivity index (χ1v) is 5.98. The van der Waals surface area contributed by atoms with E-state index in [1.165, 1.54) is 0 Å². The lowest BCUT2D eigenvalue weighted by molar-refractivity contribution is -0.146. The van der Waals surface area contributed by atoms with Crippen molar-refractivity contribution in [3.63, 3.8) is 0 Å². The fourth-order valence-corrected chi connectivity index (χ4v) is 1.59. The number of amides is 1. The first-order valence-electron chi connectivity index (χ1n) is 5.98. The Labute approximate surface area is 107 Å². The van der Waals surface area contributed by atoms with Gasteiger partial charge in [0.15, 0.2) is 0 Å². The number of carbonyl (C=O) groups excluding carboxylic acids is 1. The van der Waals surface area contributed by atoms with Crippen LogP contribution in [0.2, 0.25) is 0 Å². The standard InChI is InChI=1S/C14H19NO3/c1-9-6-4-5-7-12(9)8-15-13(16)10(2)11(3)14(17)18/h4-7,10-11H,8H2,1-3H3,(H,15,16)(H,17,18). The molecule has 2 atom stereocenters. The summed E-state index contributed by atoms with van der Waals surface area (Å²) in [6.45, 7) is 5.58. The van der Waals surface area contributed by atoms with Crippen LogP contribution in [0, 0.1) is 18.8 Å².